The molecule has 0 aromatic rings. The topological polar surface area (TPSA) is 0 Å². The number of unbranched alkanes of at least 4 members (excludes halogenated alkanes) is 6. The van der Waals surface area contributed by atoms with Gasteiger partial charge in [0, 0.05) is 0 Å². The van der Waals surface area contributed by atoms with Crippen LogP contribution in [0.2, 0.25) is 0 Å². The molecule has 0 aliphatic heterocycles. The van der Waals surface area contributed by atoms with Gasteiger partial charge in [0.1, 0.15) is 0 Å². The van der Waals surface area contributed by atoms with Crippen LogP contribution < -0.4 is 0 Å². The average Bonchev–Trinajstić information content (AvgIpc) is 2.38. The molecule has 0 fully saturated rings. The summed E-state index contributed by atoms with van der Waals surface area (Å²) in [5.74, 6) is 0. The predicted molar refractivity (Wildman–Crippen MR) is 95.4 cm³/mol. The van der Waals surface area contributed by atoms with Crippen molar-refractivity contribution in [3.8, 4) is 0 Å². The molecule has 2 heteroatoms. The third kappa shape index (κ3) is 6.76. The van der Waals surface area contributed by atoms with Gasteiger partial charge >= 0.3 is 124 Å². The van der Waals surface area contributed by atoms with Crippen molar-refractivity contribution in [1.82, 2.24) is 0 Å². The van der Waals surface area contributed by atoms with Crippen LogP contribution in [-0.2, 0) is 0 Å². The Bertz CT molecular complexity index is 176. The Labute approximate surface area is 123 Å². The van der Waals surface area contributed by atoms with E-state index in [0.717, 1.165) is 0 Å². The summed E-state index contributed by atoms with van der Waals surface area (Å²) < 4.78 is -1.29. The van der Waals surface area contributed by atoms with Gasteiger partial charge in [0.2, 0.25) is 0 Å². The molecule has 17 heavy (non-hydrogen) atoms. The van der Waals surface area contributed by atoms with Crippen LogP contribution in [0.15, 0.2) is 0 Å². The first kappa shape index (κ1) is 18.2. The van der Waals surface area contributed by atoms with Crippen molar-refractivity contribution in [2.45, 2.75) is 72.6 Å². The first-order valence-corrected chi connectivity index (χ1v) is 13.5. The van der Waals surface area contributed by atoms with Crippen molar-refractivity contribution in [3.05, 3.63) is 0 Å². The molecule has 0 heterocycles. The molecule has 0 aromatic heterocycles. The van der Waals surface area contributed by atoms with Gasteiger partial charge in [-0.15, -0.1) is 0 Å². The summed E-state index contributed by atoms with van der Waals surface area (Å²) in [6.45, 7) is 9.58. The number of rotatable bonds is 11. The van der Waals surface area contributed by atoms with Gasteiger partial charge < -0.3 is 0 Å². The third-order valence-corrected chi connectivity index (χ3v) is 18.5. The molecular formula is C15H34IP. The van der Waals surface area contributed by atoms with Crippen LogP contribution in [0.5, 0.6) is 0 Å². The zero-order chi connectivity index (χ0) is 13.2. The van der Waals surface area contributed by atoms with Crippen LogP contribution >= 0.6 is 26.3 Å². The first-order valence-electron chi connectivity index (χ1n) is 7.76. The van der Waals surface area contributed by atoms with Crippen molar-refractivity contribution in [1.29, 1.82) is 0 Å². The van der Waals surface area contributed by atoms with E-state index < -0.39 is 4.25 Å². The fourth-order valence-corrected chi connectivity index (χ4v) is 6.94. The summed E-state index contributed by atoms with van der Waals surface area (Å²) in [5, 5.41) is 0. The van der Waals surface area contributed by atoms with E-state index in [-0.39, 0.29) is 0 Å². The molecule has 0 aliphatic carbocycles. The van der Waals surface area contributed by atoms with Crippen LogP contribution in [-0.4, -0.2) is 24.6 Å². The molecule has 0 bridgehead atoms. The van der Waals surface area contributed by atoms with Gasteiger partial charge in [0.05, 0.1) is 0 Å². The van der Waals surface area contributed by atoms with Crippen molar-refractivity contribution >= 4 is 26.3 Å². The Morgan fingerprint density at radius 1 is 0.647 bits per heavy atom. The molecule has 0 N–H and O–H groups in total. The Kier molecular flexibility index (Phi) is 9.75. The summed E-state index contributed by atoms with van der Waals surface area (Å²) in [7, 11) is 0. The number of hydrogen-bond donors (Lipinski definition) is 0. The SMILES string of the molecule is CCCCCCCCCP(I)(CC)(CC)CC. The minimum absolute atomic E-state index is 1.29. The Morgan fingerprint density at radius 2 is 1.06 bits per heavy atom. The summed E-state index contributed by atoms with van der Waals surface area (Å²) in [4.78, 5) is 0. The van der Waals surface area contributed by atoms with Gasteiger partial charge in [0.15, 0.2) is 0 Å². The normalized spacial score (nSPS) is 14.5. The minimum atomic E-state index is -1.29. The monoisotopic (exact) mass is 372 g/mol. The van der Waals surface area contributed by atoms with Gasteiger partial charge in [-0.05, 0) is 0 Å². The van der Waals surface area contributed by atoms with Crippen molar-refractivity contribution in [2.24, 2.45) is 0 Å². The van der Waals surface area contributed by atoms with E-state index >= 15 is 0 Å². The Balaban J connectivity index is 3.77. The van der Waals surface area contributed by atoms with E-state index in [1.54, 1.807) is 6.16 Å². The van der Waals surface area contributed by atoms with Crippen LogP contribution in [0.1, 0.15) is 72.6 Å². The summed E-state index contributed by atoms with van der Waals surface area (Å²) >= 11 is 2.90. The van der Waals surface area contributed by atoms with Crippen LogP contribution in [0.25, 0.3) is 0 Å². The van der Waals surface area contributed by atoms with E-state index in [2.05, 4.69) is 49.7 Å². The van der Waals surface area contributed by atoms with Gasteiger partial charge in [0.25, 0.3) is 0 Å². The summed E-state index contributed by atoms with van der Waals surface area (Å²) in [5.41, 5.74) is 0. The van der Waals surface area contributed by atoms with E-state index in [0.29, 0.717) is 0 Å². The van der Waals surface area contributed by atoms with Crippen molar-refractivity contribution in [3.63, 3.8) is 0 Å². The Hall–Kier alpha value is 1.16. The quantitative estimate of drug-likeness (QED) is 0.215. The van der Waals surface area contributed by atoms with Gasteiger partial charge in [-0.1, -0.05) is 0 Å². The molecule has 0 aromatic carbocycles. The summed E-state index contributed by atoms with van der Waals surface area (Å²) in [6.07, 6.45) is 16.1. The zero-order valence-electron chi connectivity index (χ0n) is 12.6. The maximum atomic E-state index is 2.90. The van der Waals surface area contributed by atoms with E-state index in [1.807, 2.05) is 0 Å². The van der Waals surface area contributed by atoms with Gasteiger partial charge in [-0.25, -0.2) is 0 Å². The maximum absolute atomic E-state index is 2.90. The second kappa shape index (κ2) is 9.13. The van der Waals surface area contributed by atoms with Crippen molar-refractivity contribution in [2.75, 3.05) is 24.6 Å². The molecule has 0 amide bonds. The third-order valence-electron chi connectivity index (χ3n) is 4.69. The standard InChI is InChI=1S/C15H34IP/c1-5-9-10-11-12-13-14-15-17(16,6-2,7-3)8-4/h5-15H2,1-4H3. The predicted octanol–water partition coefficient (Wildman–Crippen LogP) is 6.70. The molecule has 0 radical (unpaired) electrons. The van der Waals surface area contributed by atoms with E-state index in [1.165, 1.54) is 63.4 Å². The Morgan fingerprint density at radius 3 is 1.47 bits per heavy atom. The molecule has 0 nitrogen and oxygen atoms in total. The molecule has 106 valence electrons. The molecule has 0 spiro atoms. The zero-order valence-corrected chi connectivity index (χ0v) is 15.7. The van der Waals surface area contributed by atoms with Crippen molar-refractivity contribution < 1.29 is 0 Å². The van der Waals surface area contributed by atoms with E-state index in [9.17, 15) is 0 Å². The number of hydrogen-bond acceptors (Lipinski definition) is 0. The van der Waals surface area contributed by atoms with Crippen LogP contribution in [0.4, 0.5) is 0 Å². The van der Waals surface area contributed by atoms with Gasteiger partial charge in [-0.2, -0.15) is 0 Å². The number of halogens is 1. The van der Waals surface area contributed by atoms with Gasteiger partial charge in [-0.3, -0.25) is 0 Å². The molecule has 0 aliphatic rings. The molecule has 0 atom stereocenters. The second-order valence-electron chi connectivity index (χ2n) is 5.61. The summed E-state index contributed by atoms with van der Waals surface area (Å²) in [6, 6.07) is 0. The van der Waals surface area contributed by atoms with Crippen LogP contribution in [0.3, 0.4) is 0 Å². The first-order chi connectivity index (χ1) is 8.04. The molecule has 0 unspecified atom stereocenters. The molecular weight excluding hydrogens is 338 g/mol. The fraction of sp³-hybridized carbons (Fsp3) is 1.00. The fourth-order valence-electron chi connectivity index (χ4n) is 2.61. The second-order valence-corrected chi connectivity index (χ2v) is 19.8. The average molecular weight is 372 g/mol. The van der Waals surface area contributed by atoms with E-state index in [4.69, 9.17) is 0 Å². The molecule has 0 rings (SSSR count). The molecule has 0 saturated carbocycles. The molecule has 0 saturated heterocycles. The van der Waals surface area contributed by atoms with Crippen LogP contribution in [0, 0.1) is 0 Å².